The summed E-state index contributed by atoms with van der Waals surface area (Å²) in [5, 5.41) is 2.71. The van der Waals surface area contributed by atoms with Crippen LogP contribution in [-0.4, -0.2) is 23.4 Å². The second kappa shape index (κ2) is 14.1. The van der Waals surface area contributed by atoms with E-state index in [4.69, 9.17) is 9.97 Å². The van der Waals surface area contributed by atoms with Crippen LogP contribution in [0.1, 0.15) is 49.9 Å². The summed E-state index contributed by atoms with van der Waals surface area (Å²) in [4.78, 5) is 15.4. The van der Waals surface area contributed by atoms with Gasteiger partial charge in [0.25, 0.3) is 13.4 Å². The van der Waals surface area contributed by atoms with Crippen LogP contribution in [0.2, 0.25) is 0 Å². The molecule has 66 heavy (non-hydrogen) atoms. The van der Waals surface area contributed by atoms with Gasteiger partial charge in [0.2, 0.25) is 0 Å². The number of hydrogen-bond donors (Lipinski definition) is 0. The Bertz CT molecular complexity index is 3190. The number of nitrogens with zero attached hydrogens (tertiary/aromatic N) is 4. The van der Waals surface area contributed by atoms with Crippen LogP contribution in [0.25, 0.3) is 0 Å². The molecule has 4 aliphatic rings. The van der Waals surface area contributed by atoms with E-state index in [0.717, 1.165) is 83.1 Å². The molecule has 4 aliphatic heterocycles. The third-order valence-electron chi connectivity index (χ3n) is 15.1. The van der Waals surface area contributed by atoms with Gasteiger partial charge in [0.1, 0.15) is 0 Å². The SMILES string of the molecule is CC1(C)c2ccccc2N(c2ccc(B3c4ccccc4P4(=O)c5ccccc5B(c5ccc(N6c7ccccc7C(C)(C)c7ccccc76)cn5)c5cccc3c54)nc2)c2ccccc21. The highest BCUT2D eigenvalue weighted by Gasteiger charge is 2.51. The first-order chi connectivity index (χ1) is 32.2. The van der Waals surface area contributed by atoms with Gasteiger partial charge in [0.15, 0.2) is 7.14 Å². The Balaban J connectivity index is 0.944. The van der Waals surface area contributed by atoms with Crippen molar-refractivity contribution in [2.24, 2.45) is 0 Å². The third-order valence-corrected chi connectivity index (χ3v) is 18.4. The zero-order chi connectivity index (χ0) is 44.5. The lowest BCUT2D eigenvalue weighted by Crippen LogP contribution is -2.75. The molecule has 0 fully saturated rings. The molecular formula is C58H45B2N4OP. The zero-order valence-electron chi connectivity index (χ0n) is 37.4. The molecule has 0 spiro atoms. The largest absolute Gasteiger partial charge is 0.309 e. The van der Waals surface area contributed by atoms with E-state index in [1.165, 1.54) is 22.3 Å². The summed E-state index contributed by atoms with van der Waals surface area (Å²) in [6.07, 6.45) is 4.05. The first-order valence-corrected chi connectivity index (χ1v) is 24.7. The number of benzene rings is 7. The molecule has 0 unspecified atom stereocenters. The van der Waals surface area contributed by atoms with Gasteiger partial charge in [-0.3, -0.25) is 9.97 Å². The Morgan fingerprint density at radius 2 is 0.727 bits per heavy atom. The van der Waals surface area contributed by atoms with Gasteiger partial charge < -0.3 is 14.4 Å². The number of fused-ring (bicyclic) bond motifs is 8. The number of pyridine rings is 2. The van der Waals surface area contributed by atoms with E-state index in [1.807, 2.05) is 24.5 Å². The van der Waals surface area contributed by atoms with Crippen molar-refractivity contribution < 1.29 is 4.57 Å². The molecule has 0 N–H and O–H groups in total. The van der Waals surface area contributed by atoms with Gasteiger partial charge in [0, 0.05) is 37.9 Å². The molecule has 5 nitrogen and oxygen atoms in total. The van der Waals surface area contributed by atoms with Gasteiger partial charge in [-0.2, -0.15) is 0 Å². The first-order valence-electron chi connectivity index (χ1n) is 23.0. The maximum atomic E-state index is 16.5. The summed E-state index contributed by atoms with van der Waals surface area (Å²) in [5.74, 6) is 0. The first kappa shape index (κ1) is 39.2. The molecule has 8 heteroatoms. The molecule has 0 saturated carbocycles. The van der Waals surface area contributed by atoms with Gasteiger partial charge >= 0.3 is 0 Å². The van der Waals surface area contributed by atoms with Crippen molar-refractivity contribution in [1.82, 2.24) is 9.97 Å². The summed E-state index contributed by atoms with van der Waals surface area (Å²) < 4.78 is 16.5. The van der Waals surface area contributed by atoms with Crippen LogP contribution in [0, 0.1) is 0 Å². The molecule has 0 aliphatic carbocycles. The van der Waals surface area contributed by atoms with Gasteiger partial charge in [-0.05, 0) is 70.8 Å². The number of rotatable bonds is 4. The van der Waals surface area contributed by atoms with Crippen LogP contribution in [0.3, 0.4) is 0 Å². The van der Waals surface area contributed by atoms with E-state index in [2.05, 4.69) is 213 Å². The normalized spacial score (nSPS) is 16.2. The average molecular weight is 867 g/mol. The molecule has 6 heterocycles. The molecule has 0 radical (unpaired) electrons. The Labute approximate surface area is 387 Å². The average Bonchev–Trinajstić information content (AvgIpc) is 3.35. The second-order valence-corrected chi connectivity index (χ2v) is 21.9. The fraction of sp³-hybridized carbons (Fsp3) is 0.103. The van der Waals surface area contributed by atoms with E-state index >= 15 is 4.57 Å². The summed E-state index contributed by atoms with van der Waals surface area (Å²) >= 11 is 0. The molecule has 0 bridgehead atoms. The number of aromatic nitrogens is 2. The molecule has 7 aromatic carbocycles. The van der Waals surface area contributed by atoms with Crippen LogP contribution in [0.4, 0.5) is 34.1 Å². The minimum atomic E-state index is -3.34. The quantitative estimate of drug-likeness (QED) is 0.133. The lowest BCUT2D eigenvalue weighted by molar-refractivity contribution is 0.592. The third kappa shape index (κ3) is 5.29. The molecule has 0 amide bonds. The highest BCUT2D eigenvalue weighted by Crippen LogP contribution is 2.53. The summed E-state index contributed by atoms with van der Waals surface area (Å²) in [5.41, 5.74) is 17.5. The van der Waals surface area contributed by atoms with Crippen molar-refractivity contribution in [3.05, 3.63) is 223 Å². The van der Waals surface area contributed by atoms with Crippen LogP contribution < -0.4 is 58.8 Å². The van der Waals surface area contributed by atoms with E-state index in [-0.39, 0.29) is 24.3 Å². The Morgan fingerprint density at radius 3 is 1.09 bits per heavy atom. The van der Waals surface area contributed by atoms with Crippen LogP contribution in [-0.2, 0) is 15.4 Å². The minimum absolute atomic E-state index is 0.152. The number of anilines is 6. The second-order valence-electron chi connectivity index (χ2n) is 19.2. The van der Waals surface area contributed by atoms with Crippen LogP contribution in [0.5, 0.6) is 0 Å². The molecule has 9 aromatic rings. The maximum absolute atomic E-state index is 16.5. The van der Waals surface area contributed by atoms with Gasteiger partial charge in [-0.1, -0.05) is 189 Å². The Hall–Kier alpha value is -7.20. The van der Waals surface area contributed by atoms with E-state index < -0.39 is 7.14 Å². The van der Waals surface area contributed by atoms with Crippen molar-refractivity contribution in [1.29, 1.82) is 0 Å². The molecule has 314 valence electrons. The van der Waals surface area contributed by atoms with E-state index in [0.29, 0.717) is 0 Å². The predicted molar refractivity (Wildman–Crippen MR) is 277 cm³/mol. The lowest BCUT2D eigenvalue weighted by Gasteiger charge is -2.42. The Kier molecular flexibility index (Phi) is 8.40. The fourth-order valence-electron chi connectivity index (χ4n) is 12.1. The van der Waals surface area contributed by atoms with Gasteiger partial charge in [-0.15, -0.1) is 0 Å². The Morgan fingerprint density at radius 1 is 0.394 bits per heavy atom. The van der Waals surface area contributed by atoms with Crippen molar-refractivity contribution >= 4 is 104 Å². The number of hydrogen-bond acceptors (Lipinski definition) is 5. The molecule has 0 saturated heterocycles. The fourth-order valence-corrected chi connectivity index (χ4v) is 15.7. The standard InChI is InChI=1S/C58H45B2N4OP/c1-57(2)40-18-5-11-26-48(40)63(49-27-12-6-19-41(49)57)38-32-34-54(61-36-38)59-44-22-9-15-30-52(44)66(65)53-31-16-10-23-45(53)60(47-25-17-24-46(59)56(47)66)55-35-33-39(37-62-55)64-50-28-13-7-20-42(50)58(3,4)43-21-8-14-29-51(43)64/h5-37H,1-4H3. The topological polar surface area (TPSA) is 49.3 Å². The number of para-hydroxylation sites is 4. The molecule has 0 atom stereocenters. The van der Waals surface area contributed by atoms with Crippen molar-refractivity contribution in [2.45, 2.75) is 38.5 Å². The summed E-state index contributed by atoms with van der Waals surface area (Å²) in [6, 6.07) is 67.0. The molecule has 2 aromatic heterocycles. The monoisotopic (exact) mass is 866 g/mol. The molecular weight excluding hydrogens is 821 g/mol. The lowest BCUT2D eigenvalue weighted by atomic mass is 9.34. The van der Waals surface area contributed by atoms with Crippen LogP contribution >= 0.6 is 7.14 Å². The maximum Gasteiger partial charge on any atom is 0.266 e. The minimum Gasteiger partial charge on any atom is -0.309 e. The molecule has 13 rings (SSSR count). The highest BCUT2D eigenvalue weighted by molar-refractivity contribution is 7.88. The predicted octanol–water partition coefficient (Wildman–Crippen LogP) is 7.99. The van der Waals surface area contributed by atoms with Crippen molar-refractivity contribution in [3.63, 3.8) is 0 Å². The van der Waals surface area contributed by atoms with Gasteiger partial charge in [0.05, 0.1) is 46.5 Å². The zero-order valence-corrected chi connectivity index (χ0v) is 38.2. The van der Waals surface area contributed by atoms with Crippen molar-refractivity contribution in [2.75, 3.05) is 9.80 Å². The van der Waals surface area contributed by atoms with Crippen LogP contribution in [0.15, 0.2) is 200 Å². The highest BCUT2D eigenvalue weighted by atomic mass is 31.2. The van der Waals surface area contributed by atoms with E-state index in [1.54, 1.807) is 0 Å². The van der Waals surface area contributed by atoms with Gasteiger partial charge in [-0.25, -0.2) is 0 Å². The van der Waals surface area contributed by atoms with Crippen molar-refractivity contribution in [3.8, 4) is 0 Å². The summed E-state index contributed by atoms with van der Waals surface area (Å²) in [6.45, 7) is 8.79. The smallest absolute Gasteiger partial charge is 0.266 e. The summed E-state index contributed by atoms with van der Waals surface area (Å²) in [7, 11) is -3.34. The van der Waals surface area contributed by atoms with E-state index in [9.17, 15) is 0 Å².